The first-order chi connectivity index (χ1) is 21.8. The Kier molecular flexibility index (Phi) is 4.69. The zero-order valence-electron chi connectivity index (χ0n) is 23.5. The third-order valence-electron chi connectivity index (χ3n) is 8.84. The quantitative estimate of drug-likeness (QED) is 0.214. The predicted molar refractivity (Wildman–Crippen MR) is 180 cm³/mol. The fourth-order valence-corrected chi connectivity index (χ4v) is 6.91. The highest BCUT2D eigenvalue weighted by molar-refractivity contribution is 6.27. The Balaban J connectivity index is 1.24. The molecule has 4 heteroatoms. The lowest BCUT2D eigenvalue weighted by atomic mass is 9.99. The molecule has 3 aromatic heterocycles. The minimum atomic E-state index is 0.859. The summed E-state index contributed by atoms with van der Waals surface area (Å²) in [7, 11) is 0. The molecule has 0 bridgehead atoms. The minimum Gasteiger partial charge on any atom is -0.456 e. The second-order valence-corrected chi connectivity index (χ2v) is 11.3. The Morgan fingerprint density at radius 3 is 1.48 bits per heavy atom. The van der Waals surface area contributed by atoms with Crippen LogP contribution in [0.2, 0.25) is 0 Å². The van der Waals surface area contributed by atoms with Gasteiger partial charge in [-0.05, 0) is 95.7 Å². The maximum absolute atomic E-state index is 6.43. The summed E-state index contributed by atoms with van der Waals surface area (Å²) in [5, 5.41) is 8.95. The molecule has 0 amide bonds. The van der Waals surface area contributed by atoms with E-state index in [9.17, 15) is 0 Å². The van der Waals surface area contributed by atoms with Gasteiger partial charge < -0.3 is 18.2 Å². The number of hydrogen-bond acceptors (Lipinski definition) is 4. The van der Waals surface area contributed by atoms with Crippen LogP contribution in [0.15, 0.2) is 153 Å². The molecule has 4 nitrogen and oxygen atoms in total. The van der Waals surface area contributed by atoms with Crippen LogP contribution in [-0.4, -0.2) is 0 Å². The molecule has 0 aliphatic rings. The van der Waals surface area contributed by atoms with E-state index >= 15 is 0 Å². The van der Waals surface area contributed by atoms with E-state index in [1.807, 2.05) is 30.3 Å². The van der Waals surface area contributed by atoms with Gasteiger partial charge in [0.1, 0.15) is 33.5 Å². The van der Waals surface area contributed by atoms with Gasteiger partial charge in [-0.3, -0.25) is 0 Å². The number of rotatable bonds is 3. The van der Waals surface area contributed by atoms with Crippen LogP contribution < -0.4 is 4.90 Å². The van der Waals surface area contributed by atoms with Crippen LogP contribution in [-0.2, 0) is 0 Å². The van der Waals surface area contributed by atoms with Gasteiger partial charge in [0.15, 0.2) is 0 Å². The summed E-state index contributed by atoms with van der Waals surface area (Å²) < 4.78 is 18.8. The molecule has 0 saturated carbocycles. The van der Waals surface area contributed by atoms with Gasteiger partial charge in [-0.15, -0.1) is 0 Å². The van der Waals surface area contributed by atoms with Crippen molar-refractivity contribution in [1.29, 1.82) is 0 Å². The maximum atomic E-state index is 6.43. The molecule has 10 aromatic rings. The number of fused-ring (bicyclic) bond motifs is 12. The second-order valence-electron chi connectivity index (χ2n) is 11.3. The van der Waals surface area contributed by atoms with Gasteiger partial charge >= 0.3 is 0 Å². The van der Waals surface area contributed by atoms with Crippen LogP contribution in [0, 0.1) is 0 Å². The van der Waals surface area contributed by atoms with Crippen molar-refractivity contribution in [3.63, 3.8) is 0 Å². The molecular weight excluding hydrogens is 542 g/mol. The Morgan fingerprint density at radius 2 is 0.773 bits per heavy atom. The van der Waals surface area contributed by atoms with Crippen molar-refractivity contribution in [2.45, 2.75) is 0 Å². The lowest BCUT2D eigenvalue weighted by molar-refractivity contribution is 0.668. The number of para-hydroxylation sites is 3. The van der Waals surface area contributed by atoms with Gasteiger partial charge in [0.25, 0.3) is 0 Å². The minimum absolute atomic E-state index is 0.859. The highest BCUT2D eigenvalue weighted by Crippen LogP contribution is 2.44. The third-order valence-corrected chi connectivity index (χ3v) is 8.84. The Labute approximate surface area is 250 Å². The maximum Gasteiger partial charge on any atom is 0.136 e. The molecule has 0 aliphatic carbocycles. The first-order valence-corrected chi connectivity index (χ1v) is 14.8. The Hall–Kier alpha value is -6.00. The lowest BCUT2D eigenvalue weighted by Gasteiger charge is -2.25. The van der Waals surface area contributed by atoms with Crippen molar-refractivity contribution in [3.8, 4) is 0 Å². The molecule has 0 N–H and O–H groups in total. The average Bonchev–Trinajstić information content (AvgIpc) is 3.76. The van der Waals surface area contributed by atoms with Crippen LogP contribution in [0.25, 0.3) is 76.6 Å². The lowest BCUT2D eigenvalue weighted by Crippen LogP contribution is -2.09. The highest BCUT2D eigenvalue weighted by atomic mass is 16.3. The van der Waals surface area contributed by atoms with E-state index in [2.05, 4.69) is 114 Å². The zero-order valence-corrected chi connectivity index (χ0v) is 23.5. The molecule has 0 fully saturated rings. The molecular formula is C40H23NO3. The van der Waals surface area contributed by atoms with E-state index < -0.39 is 0 Å². The topological polar surface area (TPSA) is 42.7 Å². The average molecular weight is 566 g/mol. The van der Waals surface area contributed by atoms with Crippen LogP contribution in [0.4, 0.5) is 17.1 Å². The molecule has 0 spiro atoms. The molecule has 0 atom stereocenters. The normalized spacial score (nSPS) is 12.1. The SMILES string of the molecule is c1ccc(N(c2ccc3oc4ccccc4c3c2)c2ccc3oc4ccc5c(ccc6oc7ccccc7c65)c4c3c2)cc1. The summed E-state index contributed by atoms with van der Waals surface area (Å²) in [4.78, 5) is 2.30. The van der Waals surface area contributed by atoms with E-state index in [1.165, 1.54) is 0 Å². The molecule has 206 valence electrons. The van der Waals surface area contributed by atoms with E-state index in [-0.39, 0.29) is 0 Å². The Bertz CT molecular complexity index is 2730. The fraction of sp³-hybridized carbons (Fsp3) is 0. The summed E-state index contributed by atoms with van der Waals surface area (Å²) in [5.41, 5.74) is 8.46. The van der Waals surface area contributed by atoms with Gasteiger partial charge in [0.2, 0.25) is 0 Å². The van der Waals surface area contributed by atoms with E-state index in [4.69, 9.17) is 13.3 Å². The second kappa shape index (κ2) is 8.76. The zero-order chi connectivity index (χ0) is 28.8. The number of hydrogen-bond donors (Lipinski definition) is 0. The molecule has 10 rings (SSSR count). The van der Waals surface area contributed by atoms with Crippen LogP contribution in [0.5, 0.6) is 0 Å². The smallest absolute Gasteiger partial charge is 0.136 e. The monoisotopic (exact) mass is 565 g/mol. The highest BCUT2D eigenvalue weighted by Gasteiger charge is 2.19. The third kappa shape index (κ3) is 3.28. The molecule has 0 aliphatic heterocycles. The molecule has 0 unspecified atom stereocenters. The molecule has 0 radical (unpaired) electrons. The molecule has 0 saturated heterocycles. The molecule has 44 heavy (non-hydrogen) atoms. The van der Waals surface area contributed by atoms with E-state index in [0.29, 0.717) is 0 Å². The number of nitrogens with zero attached hydrogens (tertiary/aromatic N) is 1. The molecule has 7 aromatic carbocycles. The van der Waals surface area contributed by atoms with Crippen molar-refractivity contribution in [2.75, 3.05) is 4.90 Å². The van der Waals surface area contributed by atoms with E-state index in [0.717, 1.165) is 93.7 Å². The largest absolute Gasteiger partial charge is 0.456 e. The van der Waals surface area contributed by atoms with Gasteiger partial charge in [0, 0.05) is 49.4 Å². The fourth-order valence-electron chi connectivity index (χ4n) is 6.91. The van der Waals surface area contributed by atoms with Crippen molar-refractivity contribution in [3.05, 3.63) is 140 Å². The van der Waals surface area contributed by atoms with Gasteiger partial charge in [-0.2, -0.15) is 0 Å². The summed E-state index contributed by atoms with van der Waals surface area (Å²) >= 11 is 0. The number of benzene rings is 7. The van der Waals surface area contributed by atoms with Crippen molar-refractivity contribution >= 4 is 93.7 Å². The summed E-state index contributed by atoms with van der Waals surface area (Å²) in [5.74, 6) is 0. The van der Waals surface area contributed by atoms with Crippen LogP contribution in [0.3, 0.4) is 0 Å². The summed E-state index contributed by atoms with van der Waals surface area (Å²) in [6.07, 6.45) is 0. The first-order valence-electron chi connectivity index (χ1n) is 14.8. The standard InChI is InChI=1S/C40H23NO3/c1-2-8-24(9-3-1)41(25-14-18-35-31(22-25)27-10-4-6-12-33(27)42-35)26-15-19-36-32(23-26)40-29-17-20-37-39(28(29)16-21-38(40)44-36)30-11-5-7-13-34(30)43-37/h1-23H. The van der Waals surface area contributed by atoms with Crippen LogP contribution in [0.1, 0.15) is 0 Å². The van der Waals surface area contributed by atoms with Crippen LogP contribution >= 0.6 is 0 Å². The number of furan rings is 3. The van der Waals surface area contributed by atoms with Crippen molar-refractivity contribution in [1.82, 2.24) is 0 Å². The molecule has 3 heterocycles. The summed E-state index contributed by atoms with van der Waals surface area (Å²) in [6.45, 7) is 0. The van der Waals surface area contributed by atoms with E-state index in [1.54, 1.807) is 0 Å². The van der Waals surface area contributed by atoms with Gasteiger partial charge in [-0.1, -0.05) is 54.6 Å². The van der Waals surface area contributed by atoms with Crippen molar-refractivity contribution < 1.29 is 13.3 Å². The predicted octanol–water partition coefficient (Wildman–Crippen LogP) is 12.0. The first kappa shape index (κ1) is 23.6. The Morgan fingerprint density at radius 1 is 0.295 bits per heavy atom. The van der Waals surface area contributed by atoms with Gasteiger partial charge in [0.05, 0.1) is 0 Å². The summed E-state index contributed by atoms with van der Waals surface area (Å²) in [6, 6.07) is 48.3. The van der Waals surface area contributed by atoms with Gasteiger partial charge in [-0.25, -0.2) is 0 Å². The number of anilines is 3. The van der Waals surface area contributed by atoms with Crippen molar-refractivity contribution in [2.24, 2.45) is 0 Å².